The van der Waals surface area contributed by atoms with E-state index in [4.69, 9.17) is 11.6 Å². The fourth-order valence-electron chi connectivity index (χ4n) is 4.47. The van der Waals surface area contributed by atoms with Crippen molar-refractivity contribution >= 4 is 34.9 Å². The number of anilines is 2. The van der Waals surface area contributed by atoms with Gasteiger partial charge in [0.05, 0.1) is 16.6 Å². The molecule has 0 bridgehead atoms. The lowest BCUT2D eigenvalue weighted by atomic mass is 10.0. The van der Waals surface area contributed by atoms with Crippen LogP contribution in [0, 0.1) is 11.7 Å². The number of nitrogens with zero attached hydrogens (tertiary/aromatic N) is 3. The van der Waals surface area contributed by atoms with E-state index in [-0.39, 0.29) is 30.8 Å². The van der Waals surface area contributed by atoms with Crippen molar-refractivity contribution < 1.29 is 14.0 Å². The minimum Gasteiger partial charge on any atom is -0.355 e. The van der Waals surface area contributed by atoms with Crippen LogP contribution >= 0.6 is 11.6 Å². The number of hydrogen-bond donors (Lipinski definition) is 2. The van der Waals surface area contributed by atoms with E-state index in [2.05, 4.69) is 26.5 Å². The number of amides is 2. The summed E-state index contributed by atoms with van der Waals surface area (Å²) in [5, 5.41) is 11.0. The third-order valence-corrected chi connectivity index (χ3v) is 6.78. The molecule has 1 aliphatic carbocycles. The first kappa shape index (κ1) is 20.3. The lowest BCUT2D eigenvalue weighted by molar-refractivity contribution is -0.127. The van der Waals surface area contributed by atoms with E-state index in [1.807, 2.05) is 0 Å². The van der Waals surface area contributed by atoms with Crippen LogP contribution in [0.3, 0.4) is 0 Å². The van der Waals surface area contributed by atoms with Gasteiger partial charge in [0.1, 0.15) is 5.82 Å². The summed E-state index contributed by atoms with van der Waals surface area (Å²) >= 11 is 6.14. The molecule has 3 aliphatic rings. The quantitative estimate of drug-likeness (QED) is 0.740. The summed E-state index contributed by atoms with van der Waals surface area (Å²) in [6.45, 7) is 1.87. The number of rotatable bonds is 5. The molecule has 2 aromatic rings. The highest BCUT2D eigenvalue weighted by molar-refractivity contribution is 6.33. The van der Waals surface area contributed by atoms with E-state index in [1.165, 1.54) is 41.6 Å². The molecule has 7 nitrogen and oxygen atoms in total. The molecule has 1 aromatic heterocycles. The summed E-state index contributed by atoms with van der Waals surface area (Å²) < 4.78 is 13.6. The summed E-state index contributed by atoms with van der Waals surface area (Å²) in [6.07, 6.45) is 4.24. The number of aromatic nitrogens is 2. The Morgan fingerprint density at radius 1 is 1.19 bits per heavy atom. The first-order chi connectivity index (χ1) is 15.0. The monoisotopic (exact) mass is 445 g/mol. The Morgan fingerprint density at radius 3 is 2.71 bits per heavy atom. The molecule has 0 radical (unpaired) electrons. The van der Waals surface area contributed by atoms with Crippen molar-refractivity contribution in [3.8, 4) is 0 Å². The van der Waals surface area contributed by atoms with Gasteiger partial charge >= 0.3 is 0 Å². The van der Waals surface area contributed by atoms with Gasteiger partial charge in [0.2, 0.25) is 11.8 Å². The van der Waals surface area contributed by atoms with Crippen LogP contribution in [0.5, 0.6) is 0 Å². The Balaban J connectivity index is 1.15. The highest BCUT2D eigenvalue weighted by Gasteiger charge is 2.37. The van der Waals surface area contributed by atoms with E-state index in [0.29, 0.717) is 16.6 Å². The highest BCUT2D eigenvalue weighted by Crippen LogP contribution is 2.40. The topological polar surface area (TPSA) is 81.3 Å². The molecule has 1 saturated carbocycles. The predicted octanol–water partition coefficient (Wildman–Crippen LogP) is 3.22. The second-order valence-electron chi connectivity index (χ2n) is 8.73. The molecule has 2 N–H and O–H groups in total. The second kappa shape index (κ2) is 8.15. The van der Waals surface area contributed by atoms with Gasteiger partial charge in [-0.05, 0) is 43.9 Å². The molecule has 3 fully saturated rings. The van der Waals surface area contributed by atoms with Crippen molar-refractivity contribution in [2.75, 3.05) is 29.4 Å². The maximum absolute atomic E-state index is 13.6. The maximum atomic E-state index is 13.6. The lowest BCUT2D eigenvalue weighted by Crippen LogP contribution is -2.46. The van der Waals surface area contributed by atoms with Crippen LogP contribution in [0.15, 0.2) is 24.3 Å². The largest absolute Gasteiger partial charge is 0.355 e. The van der Waals surface area contributed by atoms with Crippen LogP contribution in [0.25, 0.3) is 0 Å². The van der Waals surface area contributed by atoms with Gasteiger partial charge in [-0.1, -0.05) is 11.6 Å². The fourth-order valence-corrected chi connectivity index (χ4v) is 4.69. The van der Waals surface area contributed by atoms with Gasteiger partial charge in [0.15, 0.2) is 5.82 Å². The van der Waals surface area contributed by atoms with Gasteiger partial charge in [0, 0.05) is 49.8 Å². The lowest BCUT2D eigenvalue weighted by Gasteiger charge is -2.32. The van der Waals surface area contributed by atoms with Crippen LogP contribution < -0.4 is 15.1 Å². The molecule has 2 amide bonds. The Morgan fingerprint density at radius 2 is 1.97 bits per heavy atom. The van der Waals surface area contributed by atoms with Crippen molar-refractivity contribution in [2.24, 2.45) is 5.92 Å². The molecule has 1 unspecified atom stereocenters. The van der Waals surface area contributed by atoms with E-state index in [0.717, 1.165) is 31.7 Å². The van der Waals surface area contributed by atoms with Gasteiger partial charge in [-0.15, -0.1) is 0 Å². The Bertz CT molecular complexity index is 1000. The SMILES string of the molecule is O=C(NC1CCN(c2cc(C3CC3)[nH]n2)CC1)C1CC(=O)N(c2cc(F)ccc2Cl)C1. The van der Waals surface area contributed by atoms with Gasteiger partial charge in [-0.2, -0.15) is 5.10 Å². The molecule has 0 spiro atoms. The average Bonchev–Trinajstić information content (AvgIpc) is 3.36. The molecular weight excluding hydrogens is 421 g/mol. The molecule has 31 heavy (non-hydrogen) atoms. The number of carbonyl (C=O) groups is 2. The summed E-state index contributed by atoms with van der Waals surface area (Å²) in [4.78, 5) is 28.9. The summed E-state index contributed by atoms with van der Waals surface area (Å²) in [6, 6.07) is 6.13. The van der Waals surface area contributed by atoms with Crippen molar-refractivity contribution in [3.63, 3.8) is 0 Å². The molecule has 164 valence electrons. The van der Waals surface area contributed by atoms with Crippen LogP contribution in [0.4, 0.5) is 15.9 Å². The minimum absolute atomic E-state index is 0.0764. The number of H-pyrrole nitrogens is 1. The molecule has 1 aromatic carbocycles. The molecule has 3 heterocycles. The number of hydrogen-bond acceptors (Lipinski definition) is 4. The normalized spacial score (nSPS) is 22.3. The maximum Gasteiger partial charge on any atom is 0.227 e. The third-order valence-electron chi connectivity index (χ3n) is 6.46. The van der Waals surface area contributed by atoms with Gasteiger partial charge < -0.3 is 15.1 Å². The van der Waals surface area contributed by atoms with Crippen molar-refractivity contribution in [2.45, 2.75) is 44.1 Å². The molecule has 5 rings (SSSR count). The summed E-state index contributed by atoms with van der Waals surface area (Å²) in [5.41, 5.74) is 1.54. The average molecular weight is 446 g/mol. The van der Waals surface area contributed by atoms with Crippen molar-refractivity contribution in [1.29, 1.82) is 0 Å². The molecule has 2 saturated heterocycles. The van der Waals surface area contributed by atoms with E-state index in [1.54, 1.807) is 0 Å². The van der Waals surface area contributed by atoms with Gasteiger partial charge in [0.25, 0.3) is 0 Å². The molecular formula is C22H25ClFN5O2. The van der Waals surface area contributed by atoms with Crippen LogP contribution in [-0.4, -0.2) is 47.7 Å². The first-order valence-corrected chi connectivity index (χ1v) is 11.2. The van der Waals surface area contributed by atoms with Crippen LogP contribution in [0.1, 0.15) is 43.7 Å². The van der Waals surface area contributed by atoms with E-state index < -0.39 is 11.7 Å². The van der Waals surface area contributed by atoms with Gasteiger partial charge in [-0.3, -0.25) is 14.7 Å². The molecule has 9 heteroatoms. The number of piperidine rings is 1. The number of carbonyl (C=O) groups excluding carboxylic acids is 2. The standard InChI is InChI=1S/C22H25ClFN5O2/c23-17-4-3-15(24)10-19(17)29-12-14(9-21(29)30)22(31)25-16-5-7-28(8-6-16)20-11-18(26-27-20)13-1-2-13/h3-4,10-11,13-14,16H,1-2,5-9,12H2,(H,25,31)(H,26,27). The summed E-state index contributed by atoms with van der Waals surface area (Å²) in [7, 11) is 0. The molecule has 2 aliphatic heterocycles. The number of halogens is 2. The second-order valence-corrected chi connectivity index (χ2v) is 9.13. The smallest absolute Gasteiger partial charge is 0.227 e. The predicted molar refractivity (Wildman–Crippen MR) is 116 cm³/mol. The summed E-state index contributed by atoms with van der Waals surface area (Å²) in [5.74, 6) is 0.361. The minimum atomic E-state index is -0.465. The fraction of sp³-hybridized carbons (Fsp3) is 0.500. The number of nitrogens with one attached hydrogen (secondary N) is 2. The van der Waals surface area contributed by atoms with Crippen LogP contribution in [0.2, 0.25) is 5.02 Å². The zero-order chi connectivity index (χ0) is 21.5. The zero-order valence-electron chi connectivity index (χ0n) is 17.1. The Kier molecular flexibility index (Phi) is 5.33. The first-order valence-electron chi connectivity index (χ1n) is 10.8. The van der Waals surface area contributed by atoms with Gasteiger partial charge in [-0.25, -0.2) is 4.39 Å². The third kappa shape index (κ3) is 4.26. The van der Waals surface area contributed by atoms with E-state index in [9.17, 15) is 14.0 Å². The number of aromatic amines is 1. The zero-order valence-corrected chi connectivity index (χ0v) is 17.9. The van der Waals surface area contributed by atoms with Crippen LogP contribution in [-0.2, 0) is 9.59 Å². The van der Waals surface area contributed by atoms with Crippen molar-refractivity contribution in [1.82, 2.24) is 15.5 Å². The Hall–Kier alpha value is -2.61. The highest BCUT2D eigenvalue weighted by atomic mass is 35.5. The van der Waals surface area contributed by atoms with E-state index >= 15 is 0 Å². The molecule has 1 atom stereocenters. The Labute approximate surface area is 184 Å². The number of benzene rings is 1. The van der Waals surface area contributed by atoms with Crippen molar-refractivity contribution in [3.05, 3.63) is 40.8 Å².